The predicted octanol–water partition coefficient (Wildman–Crippen LogP) is 3.77. The van der Waals surface area contributed by atoms with Gasteiger partial charge in [0.05, 0.1) is 25.5 Å². The average molecular weight is 397 g/mol. The van der Waals surface area contributed by atoms with Crippen molar-refractivity contribution in [3.05, 3.63) is 89.2 Å². The molecule has 2 unspecified atom stereocenters. The fourth-order valence-corrected chi connectivity index (χ4v) is 3.14. The number of anilines is 1. The van der Waals surface area contributed by atoms with E-state index in [1.807, 2.05) is 31.2 Å². The molecule has 0 fully saturated rings. The lowest BCUT2D eigenvalue weighted by Gasteiger charge is -2.25. The summed E-state index contributed by atoms with van der Waals surface area (Å²) >= 11 is 0. The van der Waals surface area contributed by atoms with Crippen molar-refractivity contribution >= 4 is 11.6 Å². The number of halogens is 2. The first kappa shape index (κ1) is 20.4. The number of aromatic nitrogens is 1. The maximum absolute atomic E-state index is 13.9. The number of benzene rings is 2. The van der Waals surface area contributed by atoms with Crippen LogP contribution in [0, 0.1) is 18.6 Å². The van der Waals surface area contributed by atoms with Crippen LogP contribution in [0.5, 0.6) is 5.75 Å². The number of pyridine rings is 1. The van der Waals surface area contributed by atoms with Crippen LogP contribution in [-0.2, 0) is 4.79 Å². The van der Waals surface area contributed by atoms with E-state index in [9.17, 15) is 13.6 Å². The zero-order valence-electron chi connectivity index (χ0n) is 16.0. The zero-order chi connectivity index (χ0) is 21.0. The molecule has 0 aliphatic heterocycles. The van der Waals surface area contributed by atoms with Crippen molar-refractivity contribution < 1.29 is 18.3 Å². The molecule has 0 radical (unpaired) electrons. The summed E-state index contributed by atoms with van der Waals surface area (Å²) in [6.07, 6.45) is 2.27. The highest BCUT2D eigenvalue weighted by atomic mass is 19.1. The maximum atomic E-state index is 13.9. The Hall–Kier alpha value is -3.32. The van der Waals surface area contributed by atoms with Gasteiger partial charge < -0.3 is 15.8 Å². The molecule has 3 rings (SSSR count). The predicted molar refractivity (Wildman–Crippen MR) is 107 cm³/mol. The van der Waals surface area contributed by atoms with Crippen LogP contribution in [0.25, 0.3) is 0 Å². The number of ether oxygens (including phenoxy) is 1. The van der Waals surface area contributed by atoms with Crippen LogP contribution in [0.15, 0.2) is 60.9 Å². The second-order valence-electron chi connectivity index (χ2n) is 6.66. The lowest BCUT2D eigenvalue weighted by atomic mass is 9.84. The molecule has 0 spiro atoms. The van der Waals surface area contributed by atoms with Crippen molar-refractivity contribution in [2.45, 2.75) is 18.9 Å². The van der Waals surface area contributed by atoms with Gasteiger partial charge >= 0.3 is 0 Å². The first-order valence-corrected chi connectivity index (χ1v) is 8.96. The first-order valence-electron chi connectivity index (χ1n) is 8.96. The molecule has 29 heavy (non-hydrogen) atoms. The molecule has 0 bridgehead atoms. The van der Waals surface area contributed by atoms with E-state index in [0.29, 0.717) is 5.56 Å². The quantitative estimate of drug-likeness (QED) is 0.664. The minimum absolute atomic E-state index is 0.0784. The molecule has 0 aliphatic rings. The molecule has 3 aromatic rings. The molecule has 1 amide bonds. The smallest absolute Gasteiger partial charge is 0.242 e. The largest absolute Gasteiger partial charge is 0.491 e. The van der Waals surface area contributed by atoms with Crippen LogP contribution in [-0.4, -0.2) is 24.0 Å². The number of hydrogen-bond acceptors (Lipinski definition) is 4. The highest BCUT2D eigenvalue weighted by Gasteiger charge is 2.29. The Morgan fingerprint density at radius 2 is 1.62 bits per heavy atom. The van der Waals surface area contributed by atoms with E-state index in [2.05, 4.69) is 10.3 Å². The van der Waals surface area contributed by atoms with Gasteiger partial charge in [-0.3, -0.25) is 9.78 Å². The molecule has 2 atom stereocenters. The molecule has 3 N–H and O–H groups in total. The standard InChI is InChI=1S/C22H21F2N3O2/c1-13-3-5-14(6-4-13)19(15-7-9-16(23)10-8-15)20(25)22(28)27-18-12-26-11-17(24)21(18)29-2/h3-12,19-20H,25H2,1-2H3,(H,27,28). The molecule has 0 aliphatic carbocycles. The summed E-state index contributed by atoms with van der Waals surface area (Å²) in [5, 5.41) is 2.58. The van der Waals surface area contributed by atoms with Gasteiger partial charge in [0, 0.05) is 5.92 Å². The second-order valence-corrected chi connectivity index (χ2v) is 6.66. The van der Waals surface area contributed by atoms with Gasteiger partial charge in [-0.1, -0.05) is 42.0 Å². The van der Waals surface area contributed by atoms with Crippen LogP contribution in [0.2, 0.25) is 0 Å². The van der Waals surface area contributed by atoms with Crippen molar-refractivity contribution in [2.75, 3.05) is 12.4 Å². The number of amides is 1. The maximum Gasteiger partial charge on any atom is 0.242 e. The highest BCUT2D eigenvalue weighted by molar-refractivity contribution is 5.96. The topological polar surface area (TPSA) is 77.2 Å². The summed E-state index contributed by atoms with van der Waals surface area (Å²) < 4.78 is 32.3. The van der Waals surface area contributed by atoms with Gasteiger partial charge in [0.2, 0.25) is 5.91 Å². The lowest BCUT2D eigenvalue weighted by Crippen LogP contribution is -2.41. The van der Waals surface area contributed by atoms with Crippen molar-refractivity contribution in [2.24, 2.45) is 5.73 Å². The van der Waals surface area contributed by atoms with Crippen LogP contribution >= 0.6 is 0 Å². The Labute approximate surface area is 167 Å². The average Bonchev–Trinajstić information content (AvgIpc) is 2.71. The number of hydrogen-bond donors (Lipinski definition) is 2. The number of nitrogens with one attached hydrogen (secondary N) is 1. The first-order chi connectivity index (χ1) is 13.9. The minimum Gasteiger partial charge on any atom is -0.491 e. The van der Waals surface area contributed by atoms with Crippen molar-refractivity contribution in [3.8, 4) is 5.75 Å². The normalized spacial score (nSPS) is 12.9. The zero-order valence-corrected chi connectivity index (χ0v) is 16.0. The monoisotopic (exact) mass is 397 g/mol. The number of carbonyl (C=O) groups is 1. The lowest BCUT2D eigenvalue weighted by molar-refractivity contribution is -0.117. The molecule has 1 heterocycles. The SMILES string of the molecule is COc1c(F)cncc1NC(=O)C(N)C(c1ccc(C)cc1)c1ccc(F)cc1. The summed E-state index contributed by atoms with van der Waals surface area (Å²) in [7, 11) is 1.29. The van der Waals surface area contributed by atoms with E-state index >= 15 is 0 Å². The van der Waals surface area contributed by atoms with Crippen LogP contribution in [0.1, 0.15) is 22.6 Å². The summed E-state index contributed by atoms with van der Waals surface area (Å²) in [4.78, 5) is 16.6. The third kappa shape index (κ3) is 4.57. The summed E-state index contributed by atoms with van der Waals surface area (Å²) in [6, 6.07) is 12.4. The Balaban J connectivity index is 1.95. The number of aryl methyl sites for hydroxylation is 1. The highest BCUT2D eigenvalue weighted by Crippen LogP contribution is 2.30. The van der Waals surface area contributed by atoms with Gasteiger partial charge in [-0.05, 0) is 30.2 Å². The van der Waals surface area contributed by atoms with Crippen LogP contribution in [0.3, 0.4) is 0 Å². The molecule has 0 saturated heterocycles. The Kier molecular flexibility index (Phi) is 6.19. The molecule has 7 heteroatoms. The fourth-order valence-electron chi connectivity index (χ4n) is 3.14. The summed E-state index contributed by atoms with van der Waals surface area (Å²) in [6.45, 7) is 1.95. The van der Waals surface area contributed by atoms with Gasteiger partial charge in [0.15, 0.2) is 11.6 Å². The van der Waals surface area contributed by atoms with Crippen LogP contribution in [0.4, 0.5) is 14.5 Å². The third-order valence-corrected chi connectivity index (χ3v) is 4.64. The third-order valence-electron chi connectivity index (χ3n) is 4.64. The van der Waals surface area contributed by atoms with Gasteiger partial charge in [-0.15, -0.1) is 0 Å². The molecular weight excluding hydrogens is 376 g/mol. The Morgan fingerprint density at radius 1 is 1.03 bits per heavy atom. The molecular formula is C22H21F2N3O2. The van der Waals surface area contributed by atoms with E-state index in [1.165, 1.54) is 25.4 Å². The van der Waals surface area contributed by atoms with Crippen molar-refractivity contribution in [1.29, 1.82) is 0 Å². The van der Waals surface area contributed by atoms with Gasteiger partial charge in [-0.25, -0.2) is 8.78 Å². The minimum atomic E-state index is -1.03. The second kappa shape index (κ2) is 8.79. The number of carbonyl (C=O) groups excluding carboxylic acids is 1. The van der Waals surface area contributed by atoms with E-state index in [0.717, 1.165) is 17.3 Å². The molecule has 2 aromatic carbocycles. The van der Waals surface area contributed by atoms with Crippen molar-refractivity contribution in [3.63, 3.8) is 0 Å². The number of rotatable bonds is 6. The Morgan fingerprint density at radius 3 is 2.21 bits per heavy atom. The molecule has 5 nitrogen and oxygen atoms in total. The van der Waals surface area contributed by atoms with Crippen LogP contribution < -0.4 is 15.8 Å². The van der Waals surface area contributed by atoms with Gasteiger partial charge in [0.1, 0.15) is 11.5 Å². The number of nitrogens with two attached hydrogens (primary N) is 1. The Bertz CT molecular complexity index is 946. The summed E-state index contributed by atoms with van der Waals surface area (Å²) in [5.74, 6) is -2.30. The molecule has 0 saturated carbocycles. The van der Waals surface area contributed by atoms with E-state index < -0.39 is 23.7 Å². The van der Waals surface area contributed by atoms with Crippen molar-refractivity contribution in [1.82, 2.24) is 4.98 Å². The summed E-state index contributed by atoms with van der Waals surface area (Å²) in [5.41, 5.74) is 8.94. The van der Waals surface area contributed by atoms with Gasteiger partial charge in [0.25, 0.3) is 0 Å². The fraction of sp³-hybridized carbons (Fsp3) is 0.182. The van der Waals surface area contributed by atoms with E-state index in [-0.39, 0.29) is 17.3 Å². The number of nitrogens with zero attached hydrogens (tertiary/aromatic N) is 1. The van der Waals surface area contributed by atoms with E-state index in [4.69, 9.17) is 10.5 Å². The van der Waals surface area contributed by atoms with E-state index in [1.54, 1.807) is 12.1 Å². The van der Waals surface area contributed by atoms with Gasteiger partial charge in [-0.2, -0.15) is 0 Å². The molecule has 150 valence electrons. The molecule has 1 aromatic heterocycles. The number of methoxy groups -OCH3 is 1.